The number of ether oxygens (including phenoxy) is 1. The number of H-pyrrole nitrogens is 1. The van der Waals surface area contributed by atoms with Gasteiger partial charge < -0.3 is 4.74 Å². The lowest BCUT2D eigenvalue weighted by atomic mass is 10.4. The van der Waals surface area contributed by atoms with E-state index in [4.69, 9.17) is 4.74 Å². The third kappa shape index (κ3) is 1.61. The minimum absolute atomic E-state index is 0.561. The SMILES string of the molecule is CCc1nc(SC2COC2)n[nH]1. The standard InChI is InChI=1S/C7H11N3OS/c1-2-6-8-7(10-9-6)12-5-3-11-4-5/h5H,2-4H2,1H3,(H,8,9,10). The Morgan fingerprint density at radius 2 is 2.50 bits per heavy atom. The van der Waals surface area contributed by atoms with Crippen LogP contribution >= 0.6 is 11.8 Å². The van der Waals surface area contributed by atoms with Crippen LogP contribution in [-0.4, -0.2) is 33.6 Å². The lowest BCUT2D eigenvalue weighted by Gasteiger charge is -2.23. The zero-order chi connectivity index (χ0) is 8.39. The Morgan fingerprint density at radius 1 is 1.67 bits per heavy atom. The summed E-state index contributed by atoms with van der Waals surface area (Å²) in [5.74, 6) is 0.956. The molecule has 1 aromatic rings. The first kappa shape index (κ1) is 8.07. The molecule has 1 aliphatic heterocycles. The van der Waals surface area contributed by atoms with Crippen LogP contribution in [0.2, 0.25) is 0 Å². The van der Waals surface area contributed by atoms with Crippen LogP contribution in [0.5, 0.6) is 0 Å². The summed E-state index contributed by atoms with van der Waals surface area (Å²) >= 11 is 1.69. The third-order valence-corrected chi connectivity index (χ3v) is 2.72. The number of aromatic amines is 1. The summed E-state index contributed by atoms with van der Waals surface area (Å²) in [6.45, 7) is 3.72. The molecule has 4 nitrogen and oxygen atoms in total. The molecule has 0 saturated carbocycles. The molecular formula is C7H11N3OS. The second-order valence-electron chi connectivity index (χ2n) is 2.70. The first-order chi connectivity index (χ1) is 5.88. The minimum atomic E-state index is 0.561. The molecule has 1 N–H and O–H groups in total. The van der Waals surface area contributed by atoms with Gasteiger partial charge in [0, 0.05) is 6.42 Å². The van der Waals surface area contributed by atoms with Crippen LogP contribution in [0.3, 0.4) is 0 Å². The normalized spacial score (nSPS) is 17.8. The van der Waals surface area contributed by atoms with Crippen molar-refractivity contribution < 1.29 is 4.74 Å². The third-order valence-electron chi connectivity index (χ3n) is 1.73. The second-order valence-corrected chi connectivity index (χ2v) is 3.96. The number of thioether (sulfide) groups is 1. The molecule has 0 atom stereocenters. The van der Waals surface area contributed by atoms with Gasteiger partial charge in [0.15, 0.2) is 0 Å². The molecule has 1 aromatic heterocycles. The molecule has 0 unspecified atom stereocenters. The molecule has 2 rings (SSSR count). The van der Waals surface area contributed by atoms with Crippen molar-refractivity contribution in [3.05, 3.63) is 5.82 Å². The summed E-state index contributed by atoms with van der Waals surface area (Å²) in [4.78, 5) is 4.29. The van der Waals surface area contributed by atoms with Gasteiger partial charge in [0.1, 0.15) is 5.82 Å². The van der Waals surface area contributed by atoms with E-state index in [2.05, 4.69) is 22.1 Å². The van der Waals surface area contributed by atoms with Gasteiger partial charge in [-0.3, -0.25) is 5.10 Å². The molecule has 0 radical (unpaired) electrons. The van der Waals surface area contributed by atoms with Gasteiger partial charge in [0.2, 0.25) is 5.16 Å². The predicted octanol–water partition coefficient (Wildman–Crippen LogP) is 0.858. The number of aryl methyl sites for hydroxylation is 1. The Labute approximate surface area is 75.1 Å². The van der Waals surface area contributed by atoms with Crippen molar-refractivity contribution >= 4 is 11.8 Å². The highest BCUT2D eigenvalue weighted by Crippen LogP contribution is 2.24. The average molecular weight is 185 g/mol. The minimum Gasteiger partial charge on any atom is -0.379 e. The Hall–Kier alpha value is -0.550. The fourth-order valence-corrected chi connectivity index (χ4v) is 1.81. The van der Waals surface area contributed by atoms with Gasteiger partial charge >= 0.3 is 0 Å². The fourth-order valence-electron chi connectivity index (χ4n) is 0.920. The predicted molar refractivity (Wildman–Crippen MR) is 46.2 cm³/mol. The second kappa shape index (κ2) is 3.45. The largest absolute Gasteiger partial charge is 0.379 e. The molecule has 0 bridgehead atoms. The molecule has 1 saturated heterocycles. The molecule has 0 amide bonds. The molecule has 1 fully saturated rings. The van der Waals surface area contributed by atoms with E-state index < -0.39 is 0 Å². The lowest BCUT2D eigenvalue weighted by Crippen LogP contribution is -2.30. The smallest absolute Gasteiger partial charge is 0.208 e. The van der Waals surface area contributed by atoms with Gasteiger partial charge in [-0.25, -0.2) is 4.98 Å². The highest BCUT2D eigenvalue weighted by Gasteiger charge is 2.21. The molecule has 0 aliphatic carbocycles. The van der Waals surface area contributed by atoms with Crippen molar-refractivity contribution in [2.24, 2.45) is 0 Å². The molecule has 12 heavy (non-hydrogen) atoms. The fraction of sp³-hybridized carbons (Fsp3) is 0.714. The molecule has 0 spiro atoms. The maximum atomic E-state index is 5.05. The summed E-state index contributed by atoms with van der Waals surface area (Å²) in [5, 5.41) is 8.37. The van der Waals surface area contributed by atoms with Crippen molar-refractivity contribution in [2.75, 3.05) is 13.2 Å². The average Bonchev–Trinajstić information content (AvgIpc) is 2.44. The summed E-state index contributed by atoms with van der Waals surface area (Å²) in [7, 11) is 0. The molecule has 1 aliphatic rings. The number of hydrogen-bond acceptors (Lipinski definition) is 4. The van der Waals surface area contributed by atoms with Gasteiger partial charge in [0.25, 0.3) is 0 Å². The maximum Gasteiger partial charge on any atom is 0.208 e. The van der Waals surface area contributed by atoms with E-state index in [1.54, 1.807) is 11.8 Å². The van der Waals surface area contributed by atoms with Crippen LogP contribution < -0.4 is 0 Å². The zero-order valence-corrected chi connectivity index (χ0v) is 7.73. The molecule has 0 aromatic carbocycles. The van der Waals surface area contributed by atoms with Gasteiger partial charge in [-0.2, -0.15) is 0 Å². The molecule has 66 valence electrons. The van der Waals surface area contributed by atoms with Gasteiger partial charge in [-0.15, -0.1) is 5.10 Å². The summed E-state index contributed by atoms with van der Waals surface area (Å²) in [6, 6.07) is 0. The number of hydrogen-bond donors (Lipinski definition) is 1. The van der Waals surface area contributed by atoms with E-state index in [1.807, 2.05) is 0 Å². The number of rotatable bonds is 3. The Bertz CT molecular complexity index is 259. The Balaban J connectivity index is 1.93. The van der Waals surface area contributed by atoms with E-state index in [-0.39, 0.29) is 0 Å². The first-order valence-corrected chi connectivity index (χ1v) is 4.92. The van der Waals surface area contributed by atoms with E-state index in [9.17, 15) is 0 Å². The summed E-state index contributed by atoms with van der Waals surface area (Å²) in [5.41, 5.74) is 0. The Morgan fingerprint density at radius 3 is 3.00 bits per heavy atom. The highest BCUT2D eigenvalue weighted by atomic mass is 32.2. The van der Waals surface area contributed by atoms with Crippen LogP contribution in [0.4, 0.5) is 0 Å². The van der Waals surface area contributed by atoms with Gasteiger partial charge in [-0.1, -0.05) is 18.7 Å². The first-order valence-electron chi connectivity index (χ1n) is 4.04. The number of aromatic nitrogens is 3. The lowest BCUT2D eigenvalue weighted by molar-refractivity contribution is 0.0454. The van der Waals surface area contributed by atoms with Crippen molar-refractivity contribution in [3.63, 3.8) is 0 Å². The van der Waals surface area contributed by atoms with E-state index >= 15 is 0 Å². The van der Waals surface area contributed by atoms with Crippen molar-refractivity contribution in [2.45, 2.75) is 23.8 Å². The van der Waals surface area contributed by atoms with Gasteiger partial charge in [0.05, 0.1) is 18.5 Å². The van der Waals surface area contributed by atoms with Crippen LogP contribution in [0.25, 0.3) is 0 Å². The number of nitrogens with zero attached hydrogens (tertiary/aromatic N) is 2. The van der Waals surface area contributed by atoms with Gasteiger partial charge in [-0.05, 0) is 0 Å². The maximum absolute atomic E-state index is 5.05. The van der Waals surface area contributed by atoms with Crippen LogP contribution in [0.15, 0.2) is 5.16 Å². The molecular weight excluding hydrogens is 174 g/mol. The topological polar surface area (TPSA) is 50.8 Å². The monoisotopic (exact) mass is 185 g/mol. The van der Waals surface area contributed by atoms with Crippen LogP contribution in [-0.2, 0) is 11.2 Å². The molecule has 5 heteroatoms. The summed E-state index contributed by atoms with van der Waals surface area (Å²) in [6.07, 6.45) is 0.911. The van der Waals surface area contributed by atoms with Crippen molar-refractivity contribution in [3.8, 4) is 0 Å². The van der Waals surface area contributed by atoms with E-state index in [0.29, 0.717) is 5.25 Å². The van der Waals surface area contributed by atoms with Crippen LogP contribution in [0.1, 0.15) is 12.7 Å². The van der Waals surface area contributed by atoms with E-state index in [0.717, 1.165) is 30.6 Å². The highest BCUT2D eigenvalue weighted by molar-refractivity contribution is 7.99. The van der Waals surface area contributed by atoms with Crippen molar-refractivity contribution in [1.29, 1.82) is 0 Å². The molecule has 2 heterocycles. The van der Waals surface area contributed by atoms with Crippen molar-refractivity contribution in [1.82, 2.24) is 15.2 Å². The summed E-state index contributed by atoms with van der Waals surface area (Å²) < 4.78 is 5.05. The van der Waals surface area contributed by atoms with E-state index in [1.165, 1.54) is 0 Å². The zero-order valence-electron chi connectivity index (χ0n) is 6.91. The quantitative estimate of drug-likeness (QED) is 0.758. The van der Waals surface area contributed by atoms with Crippen LogP contribution in [0, 0.1) is 0 Å². The number of nitrogens with one attached hydrogen (secondary N) is 1. The Kier molecular flexibility index (Phi) is 2.32.